The van der Waals surface area contributed by atoms with Gasteiger partial charge in [-0.25, -0.2) is 0 Å². The molecule has 0 saturated carbocycles. The second kappa shape index (κ2) is 5.91. The Morgan fingerprint density at radius 3 is 2.20 bits per heavy atom. The van der Waals surface area contributed by atoms with Crippen molar-refractivity contribution in [1.82, 2.24) is 9.97 Å². The van der Waals surface area contributed by atoms with Gasteiger partial charge in [0.15, 0.2) is 0 Å². The van der Waals surface area contributed by atoms with Crippen LogP contribution in [0.5, 0.6) is 0 Å². The topological polar surface area (TPSA) is 25.8 Å². The number of rotatable bonds is 1. The second-order valence-corrected chi connectivity index (χ2v) is 2.93. The average molecular weight is 200 g/mol. The van der Waals surface area contributed by atoms with E-state index in [4.69, 9.17) is 0 Å². The summed E-state index contributed by atoms with van der Waals surface area (Å²) in [7, 11) is 0. The first-order valence-corrected chi connectivity index (χ1v) is 5.20. The van der Waals surface area contributed by atoms with Crippen molar-refractivity contribution in [1.29, 1.82) is 0 Å². The fourth-order valence-electron chi connectivity index (χ4n) is 1.19. The van der Waals surface area contributed by atoms with Crippen LogP contribution in [0.25, 0.3) is 11.4 Å². The predicted octanol–water partition coefficient (Wildman–Crippen LogP) is 3.48. The van der Waals surface area contributed by atoms with E-state index < -0.39 is 0 Å². The van der Waals surface area contributed by atoms with E-state index in [1.54, 1.807) is 12.4 Å². The van der Waals surface area contributed by atoms with Gasteiger partial charge in [-0.3, -0.25) is 9.97 Å². The second-order valence-electron chi connectivity index (χ2n) is 2.93. The van der Waals surface area contributed by atoms with E-state index in [-0.39, 0.29) is 0 Å². The molecule has 0 aromatic carbocycles. The van der Waals surface area contributed by atoms with E-state index in [0.29, 0.717) is 0 Å². The molecule has 2 heterocycles. The molecule has 0 bridgehead atoms. The molecular weight excluding hydrogens is 184 g/mol. The average Bonchev–Trinajstić information content (AvgIpc) is 2.33. The van der Waals surface area contributed by atoms with Crippen LogP contribution in [-0.4, -0.2) is 9.97 Å². The highest BCUT2D eigenvalue weighted by Gasteiger charge is 1.97. The van der Waals surface area contributed by atoms with Gasteiger partial charge in [-0.05, 0) is 36.8 Å². The van der Waals surface area contributed by atoms with Gasteiger partial charge >= 0.3 is 0 Å². The van der Waals surface area contributed by atoms with E-state index in [1.807, 2.05) is 51.1 Å². The van der Waals surface area contributed by atoms with Crippen LogP contribution in [0.2, 0.25) is 0 Å². The summed E-state index contributed by atoms with van der Waals surface area (Å²) >= 11 is 0. The first-order chi connectivity index (χ1) is 7.36. The first kappa shape index (κ1) is 11.4. The van der Waals surface area contributed by atoms with E-state index in [2.05, 4.69) is 9.97 Å². The molecule has 0 unspecified atom stereocenters. The number of aromatic nitrogens is 2. The molecule has 2 nitrogen and oxygen atoms in total. The van der Waals surface area contributed by atoms with Crippen LogP contribution in [0.3, 0.4) is 0 Å². The van der Waals surface area contributed by atoms with Crippen LogP contribution < -0.4 is 0 Å². The van der Waals surface area contributed by atoms with Gasteiger partial charge in [0, 0.05) is 12.4 Å². The molecule has 0 aliphatic rings. The molecular formula is C13H16N2. The third kappa shape index (κ3) is 3.17. The Bertz CT molecular complexity index is 396. The zero-order valence-corrected chi connectivity index (χ0v) is 9.44. The Morgan fingerprint density at radius 2 is 1.60 bits per heavy atom. The SMILES string of the molecule is CC.Cc1ccnc(-c2ccccn2)c1. The first-order valence-electron chi connectivity index (χ1n) is 5.20. The Morgan fingerprint density at radius 1 is 0.867 bits per heavy atom. The van der Waals surface area contributed by atoms with Gasteiger partial charge < -0.3 is 0 Å². The molecule has 0 N–H and O–H groups in total. The Labute approximate surface area is 91.0 Å². The third-order valence-corrected chi connectivity index (χ3v) is 1.84. The summed E-state index contributed by atoms with van der Waals surface area (Å²) in [5, 5.41) is 0. The molecule has 0 spiro atoms. The van der Waals surface area contributed by atoms with Gasteiger partial charge in [-0.15, -0.1) is 0 Å². The Hall–Kier alpha value is -1.70. The monoisotopic (exact) mass is 200 g/mol. The normalized spacial score (nSPS) is 9.00. The van der Waals surface area contributed by atoms with Gasteiger partial charge in [-0.2, -0.15) is 0 Å². The van der Waals surface area contributed by atoms with Crippen molar-refractivity contribution in [2.24, 2.45) is 0 Å². The highest BCUT2D eigenvalue weighted by molar-refractivity contribution is 5.54. The number of hydrogen-bond acceptors (Lipinski definition) is 2. The smallest absolute Gasteiger partial charge is 0.0888 e. The Balaban J connectivity index is 0.000000531. The molecule has 2 rings (SSSR count). The number of nitrogens with zero attached hydrogens (tertiary/aromatic N) is 2. The van der Waals surface area contributed by atoms with Crippen LogP contribution in [0.1, 0.15) is 19.4 Å². The summed E-state index contributed by atoms with van der Waals surface area (Å²) in [5.41, 5.74) is 3.06. The number of aryl methyl sites for hydroxylation is 1. The van der Waals surface area contributed by atoms with Crippen LogP contribution in [0, 0.1) is 6.92 Å². The van der Waals surface area contributed by atoms with Crippen molar-refractivity contribution in [2.75, 3.05) is 0 Å². The summed E-state index contributed by atoms with van der Waals surface area (Å²) < 4.78 is 0. The summed E-state index contributed by atoms with van der Waals surface area (Å²) in [6, 6.07) is 9.84. The third-order valence-electron chi connectivity index (χ3n) is 1.84. The van der Waals surface area contributed by atoms with E-state index in [0.717, 1.165) is 11.4 Å². The van der Waals surface area contributed by atoms with E-state index in [1.165, 1.54) is 5.56 Å². The largest absolute Gasteiger partial charge is 0.255 e. The molecule has 0 fully saturated rings. The van der Waals surface area contributed by atoms with Crippen molar-refractivity contribution in [3.05, 3.63) is 48.3 Å². The summed E-state index contributed by atoms with van der Waals surface area (Å²) in [4.78, 5) is 8.47. The predicted molar refractivity (Wildman–Crippen MR) is 63.6 cm³/mol. The molecule has 78 valence electrons. The molecule has 2 aromatic heterocycles. The lowest BCUT2D eigenvalue weighted by atomic mass is 10.2. The minimum absolute atomic E-state index is 0.922. The van der Waals surface area contributed by atoms with Gasteiger partial charge in [-0.1, -0.05) is 19.9 Å². The summed E-state index contributed by atoms with van der Waals surface area (Å²) in [6.07, 6.45) is 3.58. The summed E-state index contributed by atoms with van der Waals surface area (Å²) in [5.74, 6) is 0. The van der Waals surface area contributed by atoms with Crippen LogP contribution in [-0.2, 0) is 0 Å². The molecule has 0 atom stereocenters. The zero-order chi connectivity index (χ0) is 11.1. The number of hydrogen-bond donors (Lipinski definition) is 0. The lowest BCUT2D eigenvalue weighted by Crippen LogP contribution is -1.86. The maximum atomic E-state index is 4.25. The highest BCUT2D eigenvalue weighted by atomic mass is 14.7. The van der Waals surface area contributed by atoms with Crippen molar-refractivity contribution >= 4 is 0 Å². The standard InChI is InChI=1S/C11H10N2.C2H6/c1-9-5-7-13-11(8-9)10-4-2-3-6-12-10;1-2/h2-8H,1H3;1-2H3. The van der Waals surface area contributed by atoms with Crippen LogP contribution >= 0.6 is 0 Å². The van der Waals surface area contributed by atoms with Gasteiger partial charge in [0.2, 0.25) is 0 Å². The molecule has 0 amide bonds. The van der Waals surface area contributed by atoms with Gasteiger partial charge in [0.1, 0.15) is 0 Å². The van der Waals surface area contributed by atoms with Crippen molar-refractivity contribution in [3.8, 4) is 11.4 Å². The maximum Gasteiger partial charge on any atom is 0.0888 e. The van der Waals surface area contributed by atoms with Crippen molar-refractivity contribution in [2.45, 2.75) is 20.8 Å². The van der Waals surface area contributed by atoms with E-state index >= 15 is 0 Å². The lowest BCUT2D eigenvalue weighted by molar-refractivity contribution is 1.23. The quantitative estimate of drug-likeness (QED) is 0.704. The lowest BCUT2D eigenvalue weighted by Gasteiger charge is -1.99. The fourth-order valence-corrected chi connectivity index (χ4v) is 1.19. The van der Waals surface area contributed by atoms with Gasteiger partial charge in [0.25, 0.3) is 0 Å². The Kier molecular flexibility index (Phi) is 4.48. The van der Waals surface area contributed by atoms with Crippen molar-refractivity contribution in [3.63, 3.8) is 0 Å². The zero-order valence-electron chi connectivity index (χ0n) is 9.44. The minimum Gasteiger partial charge on any atom is -0.255 e. The molecule has 2 heteroatoms. The molecule has 0 aliphatic heterocycles. The summed E-state index contributed by atoms with van der Waals surface area (Å²) in [6.45, 7) is 6.05. The highest BCUT2D eigenvalue weighted by Crippen LogP contribution is 2.13. The van der Waals surface area contributed by atoms with Crippen LogP contribution in [0.15, 0.2) is 42.7 Å². The van der Waals surface area contributed by atoms with E-state index in [9.17, 15) is 0 Å². The van der Waals surface area contributed by atoms with Gasteiger partial charge in [0.05, 0.1) is 11.4 Å². The van der Waals surface area contributed by atoms with Crippen molar-refractivity contribution < 1.29 is 0 Å². The van der Waals surface area contributed by atoms with Crippen LogP contribution in [0.4, 0.5) is 0 Å². The minimum atomic E-state index is 0.922. The molecule has 2 aromatic rings. The number of pyridine rings is 2. The maximum absolute atomic E-state index is 4.25. The fraction of sp³-hybridized carbons (Fsp3) is 0.231. The molecule has 0 saturated heterocycles. The molecule has 0 radical (unpaired) electrons. The molecule has 0 aliphatic carbocycles. The molecule has 15 heavy (non-hydrogen) atoms.